The van der Waals surface area contributed by atoms with Gasteiger partial charge in [0.1, 0.15) is 0 Å². The van der Waals surface area contributed by atoms with Crippen LogP contribution in [-0.2, 0) is 50.4 Å². The van der Waals surface area contributed by atoms with Crippen molar-refractivity contribution >= 4 is 52.6 Å². The van der Waals surface area contributed by atoms with Crippen LogP contribution in [0.2, 0.25) is 0 Å². The van der Waals surface area contributed by atoms with Gasteiger partial charge in [0, 0.05) is 49.7 Å². The molecule has 6 rings (SSSR count). The lowest BCUT2D eigenvalue weighted by Crippen LogP contribution is -2.55. The minimum absolute atomic E-state index is 0.00148. The number of hydrogen-bond donors (Lipinski definition) is 2. The van der Waals surface area contributed by atoms with Gasteiger partial charge in [-0.1, -0.05) is 31.2 Å². The summed E-state index contributed by atoms with van der Waals surface area (Å²) in [7, 11) is 0. The van der Waals surface area contributed by atoms with Crippen LogP contribution in [0.1, 0.15) is 64.0 Å². The number of esters is 2. The number of β-lactam (4-membered cyclic amide) rings is 2. The highest BCUT2D eigenvalue weighted by Crippen LogP contribution is 2.48. The molecule has 0 aliphatic carbocycles. The topological polar surface area (TPSA) is 174 Å². The van der Waals surface area contributed by atoms with E-state index in [0.717, 1.165) is 12.8 Å². The zero-order valence-electron chi connectivity index (χ0n) is 28.1. The standard InChI is InChI=1S/C36H40N4O10/c1-21(7-4-11-30(44)37-14-6-10-27(37)20-41)36(48)28-16-26(40-32(46)18-34(40)50-23(3)43)12-13-29(28)38(35(36)47)19-24-8-5-9-25(15-24)39-31(45)17-33(39)49-22(2)42/h4-5,7-9,12-13,15-16,21,27,33-34,41,48H,6,10-11,14,17-20H2,1-3H3/b7-4+/t21-,27-,33?,34?,36+/m0/s1. The zero-order chi connectivity index (χ0) is 35.9. The van der Waals surface area contributed by atoms with E-state index in [0.29, 0.717) is 29.2 Å². The minimum Gasteiger partial charge on any atom is -0.441 e. The Morgan fingerprint density at radius 3 is 2.20 bits per heavy atom. The van der Waals surface area contributed by atoms with Gasteiger partial charge < -0.3 is 29.5 Å². The van der Waals surface area contributed by atoms with Crippen molar-refractivity contribution in [1.29, 1.82) is 0 Å². The number of rotatable bonds is 11. The minimum atomic E-state index is -2.11. The SMILES string of the molecule is CC(=O)OC1CC(=O)N1c1cccc(CN2C(=O)[C@@](O)([C@@H](C)/C=C/CC(=O)N3CCC[C@H]3CO)c3cc(N4C(=O)CC4OC(C)=O)ccc32)c1. The van der Waals surface area contributed by atoms with Crippen LogP contribution in [0, 0.1) is 5.92 Å². The number of carbonyl (C=O) groups is 6. The quantitative estimate of drug-likeness (QED) is 0.203. The third kappa shape index (κ3) is 6.24. The van der Waals surface area contributed by atoms with Gasteiger partial charge in [-0.05, 0) is 48.7 Å². The Kier molecular flexibility index (Phi) is 9.51. The maximum absolute atomic E-state index is 14.3. The Balaban J connectivity index is 1.30. The number of aliphatic hydroxyl groups excluding tert-OH is 1. The predicted octanol–water partition coefficient (Wildman–Crippen LogP) is 2.24. The molecule has 4 amide bonds. The number of fused-ring (bicyclic) bond motifs is 1. The lowest BCUT2D eigenvalue weighted by atomic mass is 9.82. The summed E-state index contributed by atoms with van der Waals surface area (Å²) < 4.78 is 10.5. The van der Waals surface area contributed by atoms with Crippen molar-refractivity contribution in [2.75, 3.05) is 27.9 Å². The lowest BCUT2D eigenvalue weighted by Gasteiger charge is -2.39. The van der Waals surface area contributed by atoms with Gasteiger partial charge in [0.15, 0.2) is 18.1 Å². The van der Waals surface area contributed by atoms with E-state index in [4.69, 9.17) is 9.47 Å². The molecule has 50 heavy (non-hydrogen) atoms. The molecule has 14 nitrogen and oxygen atoms in total. The molecule has 3 fully saturated rings. The number of aliphatic hydroxyl groups is 2. The molecule has 5 atom stereocenters. The average molecular weight is 689 g/mol. The van der Waals surface area contributed by atoms with Gasteiger partial charge in [-0.15, -0.1) is 0 Å². The molecular weight excluding hydrogens is 648 g/mol. The first-order valence-electron chi connectivity index (χ1n) is 16.7. The highest BCUT2D eigenvalue weighted by molar-refractivity contribution is 6.09. The van der Waals surface area contributed by atoms with E-state index >= 15 is 0 Å². The summed E-state index contributed by atoms with van der Waals surface area (Å²) in [6, 6.07) is 11.4. The summed E-state index contributed by atoms with van der Waals surface area (Å²) in [4.78, 5) is 81.3. The van der Waals surface area contributed by atoms with E-state index in [2.05, 4.69) is 0 Å². The van der Waals surface area contributed by atoms with Crippen molar-refractivity contribution in [2.45, 2.75) is 83.5 Å². The van der Waals surface area contributed by atoms with Gasteiger partial charge in [0.25, 0.3) is 5.91 Å². The van der Waals surface area contributed by atoms with Gasteiger partial charge in [-0.3, -0.25) is 38.6 Å². The second-order valence-corrected chi connectivity index (χ2v) is 13.1. The number of amides is 4. The van der Waals surface area contributed by atoms with Crippen molar-refractivity contribution in [3.05, 3.63) is 65.7 Å². The molecule has 4 aliphatic heterocycles. The molecule has 264 valence electrons. The van der Waals surface area contributed by atoms with Crippen LogP contribution in [0.3, 0.4) is 0 Å². The number of nitrogens with zero attached hydrogens (tertiary/aromatic N) is 4. The summed E-state index contributed by atoms with van der Waals surface area (Å²) in [6.07, 6.45) is 3.29. The molecule has 2 aromatic rings. The van der Waals surface area contributed by atoms with E-state index < -0.39 is 41.8 Å². The molecule has 14 heteroatoms. The fourth-order valence-corrected chi connectivity index (χ4v) is 7.18. The van der Waals surface area contributed by atoms with Gasteiger partial charge in [0.2, 0.25) is 17.7 Å². The first-order chi connectivity index (χ1) is 23.8. The molecule has 2 aromatic carbocycles. The average Bonchev–Trinajstić information content (AvgIpc) is 3.62. The zero-order valence-corrected chi connectivity index (χ0v) is 28.1. The number of hydrogen-bond acceptors (Lipinski definition) is 10. The second-order valence-electron chi connectivity index (χ2n) is 13.1. The van der Waals surface area contributed by atoms with Crippen molar-refractivity contribution in [3.8, 4) is 0 Å². The predicted molar refractivity (Wildman–Crippen MR) is 178 cm³/mol. The lowest BCUT2D eigenvalue weighted by molar-refractivity contribution is -0.155. The van der Waals surface area contributed by atoms with Crippen LogP contribution >= 0.6 is 0 Å². The number of carbonyl (C=O) groups excluding carboxylic acids is 6. The van der Waals surface area contributed by atoms with Gasteiger partial charge in [-0.2, -0.15) is 0 Å². The molecule has 2 N–H and O–H groups in total. The molecule has 0 bridgehead atoms. The molecule has 0 spiro atoms. The Bertz CT molecular complexity index is 1780. The van der Waals surface area contributed by atoms with Crippen LogP contribution < -0.4 is 14.7 Å². The van der Waals surface area contributed by atoms with E-state index in [-0.39, 0.29) is 61.7 Å². The van der Waals surface area contributed by atoms with E-state index in [1.165, 1.54) is 28.5 Å². The molecule has 0 saturated carbocycles. The van der Waals surface area contributed by atoms with E-state index in [1.807, 2.05) is 0 Å². The molecule has 0 radical (unpaired) electrons. The highest BCUT2D eigenvalue weighted by Gasteiger charge is 2.53. The highest BCUT2D eigenvalue weighted by atomic mass is 16.6. The van der Waals surface area contributed by atoms with Crippen molar-refractivity contribution in [3.63, 3.8) is 0 Å². The fourth-order valence-electron chi connectivity index (χ4n) is 7.18. The van der Waals surface area contributed by atoms with Gasteiger partial charge in [-0.25, -0.2) is 0 Å². The van der Waals surface area contributed by atoms with Crippen LogP contribution in [0.4, 0.5) is 17.1 Å². The van der Waals surface area contributed by atoms with E-state index in [1.54, 1.807) is 66.4 Å². The third-order valence-electron chi connectivity index (χ3n) is 9.76. The summed E-state index contributed by atoms with van der Waals surface area (Å²) in [6.45, 7) is 4.62. The Morgan fingerprint density at radius 1 is 0.960 bits per heavy atom. The van der Waals surface area contributed by atoms with Crippen molar-refractivity contribution in [1.82, 2.24) is 4.90 Å². The fraction of sp³-hybridized carbons (Fsp3) is 0.444. The van der Waals surface area contributed by atoms with Crippen LogP contribution in [0.15, 0.2) is 54.6 Å². The molecule has 3 saturated heterocycles. The smallest absolute Gasteiger partial charge is 0.304 e. The Hall–Kier alpha value is -5.08. The molecule has 0 aromatic heterocycles. The molecule has 4 heterocycles. The Labute approximate surface area is 288 Å². The number of likely N-dealkylation sites (tertiary alicyclic amines) is 1. The third-order valence-corrected chi connectivity index (χ3v) is 9.76. The van der Waals surface area contributed by atoms with Gasteiger partial charge in [0.05, 0.1) is 37.7 Å². The normalized spacial score (nSPS) is 25.1. The van der Waals surface area contributed by atoms with Gasteiger partial charge >= 0.3 is 11.9 Å². The number of benzene rings is 2. The summed E-state index contributed by atoms with van der Waals surface area (Å²) in [5.74, 6) is -3.22. The maximum atomic E-state index is 14.3. The summed E-state index contributed by atoms with van der Waals surface area (Å²) in [5.41, 5.74) is -0.0405. The van der Waals surface area contributed by atoms with Crippen molar-refractivity contribution in [2.24, 2.45) is 5.92 Å². The maximum Gasteiger partial charge on any atom is 0.304 e. The van der Waals surface area contributed by atoms with Crippen molar-refractivity contribution < 1.29 is 48.5 Å². The van der Waals surface area contributed by atoms with Crippen LogP contribution in [0.25, 0.3) is 0 Å². The molecular formula is C36H40N4O10. The molecule has 2 unspecified atom stereocenters. The summed E-state index contributed by atoms with van der Waals surface area (Å²) >= 11 is 0. The monoisotopic (exact) mass is 688 g/mol. The first kappa shape index (κ1) is 34.8. The van der Waals surface area contributed by atoms with Crippen LogP contribution in [0.5, 0.6) is 0 Å². The van der Waals surface area contributed by atoms with E-state index in [9.17, 15) is 39.0 Å². The van der Waals surface area contributed by atoms with Crippen LogP contribution in [-0.4, -0.2) is 82.3 Å². The number of anilines is 3. The first-order valence-corrected chi connectivity index (χ1v) is 16.7. The number of ether oxygens (including phenoxy) is 2. The largest absolute Gasteiger partial charge is 0.441 e. The summed E-state index contributed by atoms with van der Waals surface area (Å²) in [5, 5.41) is 22.0. The Morgan fingerprint density at radius 2 is 1.60 bits per heavy atom. The molecule has 4 aliphatic rings. The second kappa shape index (κ2) is 13.7.